The molecule has 6 heteroatoms. The summed E-state index contributed by atoms with van der Waals surface area (Å²) in [5.74, 6) is 0.417. The molecular formula is C27H33N3O3. The molecule has 33 heavy (non-hydrogen) atoms. The van der Waals surface area contributed by atoms with Crippen molar-refractivity contribution in [3.63, 3.8) is 0 Å². The zero-order valence-electron chi connectivity index (χ0n) is 19.8. The van der Waals surface area contributed by atoms with E-state index in [1.54, 1.807) is 0 Å². The molecule has 2 aromatic rings. The molecule has 2 N–H and O–H groups in total. The maximum atomic E-state index is 13.6. The van der Waals surface area contributed by atoms with Crippen molar-refractivity contribution in [3.05, 3.63) is 52.3 Å². The third-order valence-electron chi connectivity index (χ3n) is 7.45. The Labute approximate surface area is 195 Å². The standard InChI is InChI=1S/C27H33N3O3/c1-16-23-20(14-27(2,3)15-22(23)31)28-24(16)25(32)29-19(11-10-17-8-9-17)26(33)30-13-12-18-6-4-5-7-21(18)30/h4-7,17,19,28H,8-15H2,1-3H3,(H,29,32). The summed E-state index contributed by atoms with van der Waals surface area (Å²) in [5.41, 5.74) is 4.61. The van der Waals surface area contributed by atoms with E-state index in [1.807, 2.05) is 30.0 Å². The minimum atomic E-state index is -0.573. The van der Waals surface area contributed by atoms with Crippen LogP contribution in [0.5, 0.6) is 0 Å². The van der Waals surface area contributed by atoms with E-state index >= 15 is 0 Å². The lowest BCUT2D eigenvalue weighted by Crippen LogP contribution is -2.48. The molecule has 1 aromatic carbocycles. The van der Waals surface area contributed by atoms with Crippen LogP contribution in [0.1, 0.15) is 83.6 Å². The Bertz CT molecular complexity index is 1130. The molecule has 1 aromatic heterocycles. The number of aromatic nitrogens is 1. The molecule has 1 unspecified atom stereocenters. The number of H-pyrrole nitrogens is 1. The van der Waals surface area contributed by atoms with Crippen molar-refractivity contribution in [1.29, 1.82) is 0 Å². The minimum absolute atomic E-state index is 0.0415. The highest BCUT2D eigenvalue weighted by atomic mass is 16.2. The lowest BCUT2D eigenvalue weighted by molar-refractivity contribution is -0.120. The highest BCUT2D eigenvalue weighted by Gasteiger charge is 2.37. The van der Waals surface area contributed by atoms with Gasteiger partial charge >= 0.3 is 0 Å². The third kappa shape index (κ3) is 4.23. The first-order chi connectivity index (χ1) is 15.7. The SMILES string of the molecule is Cc1c(C(=O)NC(CCC2CC2)C(=O)N2CCc3ccccc32)[nH]c2c1C(=O)CC(C)(C)C2. The quantitative estimate of drug-likeness (QED) is 0.690. The van der Waals surface area contributed by atoms with Gasteiger partial charge in [0.2, 0.25) is 5.91 Å². The van der Waals surface area contributed by atoms with Crippen LogP contribution in [0.2, 0.25) is 0 Å². The minimum Gasteiger partial charge on any atom is -0.354 e. The van der Waals surface area contributed by atoms with Gasteiger partial charge < -0.3 is 15.2 Å². The van der Waals surface area contributed by atoms with Crippen molar-refractivity contribution in [1.82, 2.24) is 10.3 Å². The number of ketones is 1. The molecule has 3 aliphatic rings. The Kier molecular flexibility index (Phi) is 5.42. The number of amides is 2. The molecule has 0 radical (unpaired) electrons. The number of hydrogen-bond donors (Lipinski definition) is 2. The number of carbonyl (C=O) groups excluding carboxylic acids is 3. The number of nitrogens with zero attached hydrogens (tertiary/aromatic N) is 1. The first-order valence-corrected chi connectivity index (χ1v) is 12.2. The number of para-hydroxylation sites is 1. The van der Waals surface area contributed by atoms with Crippen LogP contribution in [0, 0.1) is 18.3 Å². The average molecular weight is 448 g/mol. The first-order valence-electron chi connectivity index (χ1n) is 12.2. The molecule has 0 bridgehead atoms. The molecule has 0 spiro atoms. The summed E-state index contributed by atoms with van der Waals surface area (Å²) in [4.78, 5) is 44.7. The van der Waals surface area contributed by atoms with E-state index in [9.17, 15) is 14.4 Å². The third-order valence-corrected chi connectivity index (χ3v) is 7.45. The van der Waals surface area contributed by atoms with E-state index < -0.39 is 6.04 Å². The van der Waals surface area contributed by atoms with E-state index in [0.29, 0.717) is 42.1 Å². The molecule has 1 atom stereocenters. The van der Waals surface area contributed by atoms with Crippen LogP contribution in [-0.2, 0) is 17.6 Å². The highest BCUT2D eigenvalue weighted by Crippen LogP contribution is 2.37. The summed E-state index contributed by atoms with van der Waals surface area (Å²) in [5, 5.41) is 3.04. The summed E-state index contributed by atoms with van der Waals surface area (Å²) in [6.07, 6.45) is 6.06. The van der Waals surface area contributed by atoms with Crippen molar-refractivity contribution in [2.45, 2.75) is 71.8 Å². The zero-order valence-corrected chi connectivity index (χ0v) is 19.8. The lowest BCUT2D eigenvalue weighted by Gasteiger charge is -2.28. The number of rotatable bonds is 6. The van der Waals surface area contributed by atoms with Gasteiger partial charge in [0.1, 0.15) is 11.7 Å². The van der Waals surface area contributed by atoms with Gasteiger partial charge in [0, 0.05) is 29.9 Å². The van der Waals surface area contributed by atoms with Crippen molar-refractivity contribution >= 4 is 23.3 Å². The number of benzene rings is 1. The first kappa shape index (κ1) is 21.9. The van der Waals surface area contributed by atoms with Crippen molar-refractivity contribution in [3.8, 4) is 0 Å². The normalized spacial score (nSPS) is 19.7. The maximum Gasteiger partial charge on any atom is 0.268 e. The average Bonchev–Trinajstić information content (AvgIpc) is 3.39. The van der Waals surface area contributed by atoms with Crippen molar-refractivity contribution in [2.75, 3.05) is 11.4 Å². The largest absolute Gasteiger partial charge is 0.354 e. The van der Waals surface area contributed by atoms with Crippen molar-refractivity contribution in [2.24, 2.45) is 11.3 Å². The van der Waals surface area contributed by atoms with Gasteiger partial charge in [-0.3, -0.25) is 14.4 Å². The second-order valence-electron chi connectivity index (χ2n) is 10.8. The molecule has 1 fully saturated rings. The fraction of sp³-hybridized carbons (Fsp3) is 0.519. The Hall–Kier alpha value is -2.89. The molecule has 1 saturated carbocycles. The fourth-order valence-electron chi connectivity index (χ4n) is 5.51. The van der Waals surface area contributed by atoms with E-state index in [0.717, 1.165) is 30.6 Å². The van der Waals surface area contributed by atoms with Gasteiger partial charge in [0.25, 0.3) is 5.91 Å². The Morgan fingerprint density at radius 1 is 1.21 bits per heavy atom. The molecular weight excluding hydrogens is 414 g/mol. The molecule has 174 valence electrons. The summed E-state index contributed by atoms with van der Waals surface area (Å²) < 4.78 is 0. The molecule has 0 saturated heterocycles. The van der Waals surface area contributed by atoms with Gasteiger partial charge in [-0.2, -0.15) is 0 Å². The lowest BCUT2D eigenvalue weighted by atomic mass is 9.75. The van der Waals surface area contributed by atoms with Crippen LogP contribution in [0.25, 0.3) is 0 Å². The highest BCUT2D eigenvalue weighted by molar-refractivity contribution is 6.06. The van der Waals surface area contributed by atoms with Gasteiger partial charge in [-0.05, 0) is 61.1 Å². The van der Waals surface area contributed by atoms with Crippen molar-refractivity contribution < 1.29 is 14.4 Å². The smallest absolute Gasteiger partial charge is 0.268 e. The van der Waals surface area contributed by atoms with Crippen LogP contribution in [-0.4, -0.2) is 35.2 Å². The number of Topliss-reactive ketones (excluding diaryl/α,β-unsaturated/α-hetero) is 1. The van der Waals surface area contributed by atoms with Crippen LogP contribution in [0.15, 0.2) is 24.3 Å². The second kappa shape index (κ2) is 8.15. The second-order valence-corrected chi connectivity index (χ2v) is 10.8. The molecule has 1 aliphatic heterocycles. The Balaban J connectivity index is 1.38. The van der Waals surface area contributed by atoms with Crippen LogP contribution < -0.4 is 10.2 Å². The number of hydrogen-bond acceptors (Lipinski definition) is 3. The predicted octanol–water partition coefficient (Wildman–Crippen LogP) is 4.36. The van der Waals surface area contributed by atoms with E-state index in [1.165, 1.54) is 18.4 Å². The molecule has 2 amide bonds. The Morgan fingerprint density at radius 3 is 2.73 bits per heavy atom. The number of fused-ring (bicyclic) bond motifs is 2. The molecule has 2 heterocycles. The van der Waals surface area contributed by atoms with Crippen LogP contribution in [0.3, 0.4) is 0 Å². The molecule has 6 nitrogen and oxygen atoms in total. The summed E-state index contributed by atoms with van der Waals surface area (Å²) in [6.45, 7) is 6.63. The van der Waals surface area contributed by atoms with Gasteiger partial charge in [-0.1, -0.05) is 44.9 Å². The van der Waals surface area contributed by atoms with Gasteiger partial charge in [-0.25, -0.2) is 0 Å². The zero-order chi connectivity index (χ0) is 23.3. The van der Waals surface area contributed by atoms with E-state index in [4.69, 9.17) is 0 Å². The van der Waals surface area contributed by atoms with Gasteiger partial charge in [-0.15, -0.1) is 0 Å². The summed E-state index contributed by atoms with van der Waals surface area (Å²) >= 11 is 0. The fourth-order valence-corrected chi connectivity index (χ4v) is 5.51. The van der Waals surface area contributed by atoms with E-state index in [-0.39, 0.29) is 23.0 Å². The van der Waals surface area contributed by atoms with E-state index in [2.05, 4.69) is 30.2 Å². The number of aromatic amines is 1. The molecule has 2 aliphatic carbocycles. The predicted molar refractivity (Wildman–Crippen MR) is 128 cm³/mol. The molecule has 5 rings (SSSR count). The maximum absolute atomic E-state index is 13.6. The van der Waals surface area contributed by atoms with Crippen LogP contribution >= 0.6 is 0 Å². The number of anilines is 1. The number of carbonyl (C=O) groups is 3. The van der Waals surface area contributed by atoms with Gasteiger partial charge in [0.15, 0.2) is 5.78 Å². The summed E-state index contributed by atoms with van der Waals surface area (Å²) in [7, 11) is 0. The topological polar surface area (TPSA) is 82.3 Å². The summed E-state index contributed by atoms with van der Waals surface area (Å²) in [6, 6.07) is 7.42. The van der Waals surface area contributed by atoms with Crippen LogP contribution in [0.4, 0.5) is 5.69 Å². The van der Waals surface area contributed by atoms with Gasteiger partial charge in [0.05, 0.1) is 0 Å². The Morgan fingerprint density at radius 2 is 1.97 bits per heavy atom. The monoisotopic (exact) mass is 447 g/mol. The number of nitrogens with one attached hydrogen (secondary N) is 2.